The normalized spacial score (nSPS) is 11.1. The van der Waals surface area contributed by atoms with Crippen molar-refractivity contribution in [3.63, 3.8) is 0 Å². The summed E-state index contributed by atoms with van der Waals surface area (Å²) in [6.07, 6.45) is 1.86. The Kier molecular flexibility index (Phi) is 5.52. The highest BCUT2D eigenvalue weighted by atomic mass is 16.4. The van der Waals surface area contributed by atoms with Gasteiger partial charge in [0.1, 0.15) is 0 Å². The molecule has 0 aliphatic carbocycles. The molecule has 5 nitrogen and oxygen atoms in total. The van der Waals surface area contributed by atoms with E-state index in [1.807, 2.05) is 24.3 Å². The van der Waals surface area contributed by atoms with Crippen LogP contribution in [0.2, 0.25) is 0 Å². The molecule has 22 heavy (non-hydrogen) atoms. The van der Waals surface area contributed by atoms with Gasteiger partial charge in [0.25, 0.3) is 0 Å². The van der Waals surface area contributed by atoms with E-state index in [0.29, 0.717) is 12.0 Å². The molecule has 0 aliphatic rings. The van der Waals surface area contributed by atoms with Crippen molar-refractivity contribution in [2.75, 3.05) is 6.54 Å². The van der Waals surface area contributed by atoms with Crippen LogP contribution >= 0.6 is 0 Å². The highest BCUT2D eigenvalue weighted by Crippen LogP contribution is 2.17. The predicted octanol–water partition coefficient (Wildman–Crippen LogP) is 2.17. The van der Waals surface area contributed by atoms with Gasteiger partial charge in [-0.3, -0.25) is 4.98 Å². The molecule has 2 aromatic rings. The number of aromatic nitrogens is 1. The van der Waals surface area contributed by atoms with Crippen LogP contribution in [0.1, 0.15) is 29.2 Å². The van der Waals surface area contributed by atoms with Crippen molar-refractivity contribution >= 4 is 6.09 Å². The topological polar surface area (TPSA) is 82.5 Å². The Labute approximate surface area is 128 Å². The summed E-state index contributed by atoms with van der Waals surface area (Å²) in [6, 6.07) is 11.0. The molecule has 3 N–H and O–H groups in total. The second kappa shape index (κ2) is 7.81. The number of hydrogen-bond acceptors (Lipinski definition) is 3. The number of amides is 1. The van der Waals surface area contributed by atoms with Gasteiger partial charge in [0.05, 0.1) is 6.10 Å². The molecule has 0 saturated carbocycles. The molecule has 1 aromatic carbocycles. The second-order valence-corrected chi connectivity index (χ2v) is 4.65. The van der Waals surface area contributed by atoms with Crippen molar-refractivity contribution in [3.8, 4) is 11.8 Å². The lowest BCUT2D eigenvalue weighted by atomic mass is 10.0. The minimum Gasteiger partial charge on any atom is -0.465 e. The van der Waals surface area contributed by atoms with Crippen LogP contribution < -0.4 is 5.32 Å². The zero-order valence-corrected chi connectivity index (χ0v) is 11.9. The van der Waals surface area contributed by atoms with E-state index in [-0.39, 0.29) is 6.54 Å². The molecule has 0 spiro atoms. The molecule has 0 radical (unpaired) electrons. The van der Waals surface area contributed by atoms with Crippen LogP contribution in [0.5, 0.6) is 0 Å². The van der Waals surface area contributed by atoms with Gasteiger partial charge in [0.2, 0.25) is 0 Å². The summed E-state index contributed by atoms with van der Waals surface area (Å²) in [5.41, 5.74) is 2.32. The van der Waals surface area contributed by atoms with Crippen LogP contribution in [0.3, 0.4) is 0 Å². The summed E-state index contributed by atoms with van der Waals surface area (Å²) in [4.78, 5) is 14.4. The van der Waals surface area contributed by atoms with Crippen molar-refractivity contribution in [2.45, 2.75) is 12.5 Å². The number of carbonyl (C=O) groups is 1. The number of nitrogens with one attached hydrogen (secondary N) is 1. The number of pyridine rings is 1. The maximum absolute atomic E-state index is 10.4. The molecule has 0 aliphatic heterocycles. The quantitative estimate of drug-likeness (QED) is 0.755. The van der Waals surface area contributed by atoms with Gasteiger partial charge in [-0.05, 0) is 36.2 Å². The predicted molar refractivity (Wildman–Crippen MR) is 82.3 cm³/mol. The summed E-state index contributed by atoms with van der Waals surface area (Å²) >= 11 is 0. The van der Waals surface area contributed by atoms with Gasteiger partial charge in [0, 0.05) is 30.1 Å². The van der Waals surface area contributed by atoms with E-state index in [9.17, 15) is 9.90 Å². The zero-order valence-electron chi connectivity index (χ0n) is 11.9. The molecular weight excluding hydrogens is 280 g/mol. The Balaban J connectivity index is 2.04. The fourth-order valence-electron chi connectivity index (χ4n) is 1.89. The Bertz CT molecular complexity index is 690. The van der Waals surface area contributed by atoms with E-state index in [0.717, 1.165) is 11.1 Å². The lowest BCUT2D eigenvalue weighted by Gasteiger charge is -2.11. The lowest BCUT2D eigenvalue weighted by molar-refractivity contribution is 0.162. The highest BCUT2D eigenvalue weighted by Gasteiger charge is 2.08. The van der Waals surface area contributed by atoms with Crippen LogP contribution in [0, 0.1) is 11.8 Å². The first kappa shape index (κ1) is 15.5. The molecule has 0 saturated heterocycles. The van der Waals surface area contributed by atoms with Crippen molar-refractivity contribution in [3.05, 3.63) is 65.5 Å². The maximum atomic E-state index is 10.4. The summed E-state index contributed by atoms with van der Waals surface area (Å²) < 4.78 is 0. The molecular formula is C17H16N2O3. The first-order chi connectivity index (χ1) is 10.6. The van der Waals surface area contributed by atoms with Gasteiger partial charge in [-0.2, -0.15) is 0 Å². The Morgan fingerprint density at radius 2 is 2.00 bits per heavy atom. The Morgan fingerprint density at radius 3 is 2.73 bits per heavy atom. The lowest BCUT2D eigenvalue weighted by Crippen LogP contribution is -2.23. The molecule has 0 bridgehead atoms. The summed E-state index contributed by atoms with van der Waals surface area (Å²) in [6.45, 7) is 0.197. The maximum Gasteiger partial charge on any atom is 0.404 e. The van der Waals surface area contributed by atoms with Gasteiger partial charge in [-0.25, -0.2) is 4.79 Å². The van der Waals surface area contributed by atoms with E-state index in [2.05, 4.69) is 22.1 Å². The molecule has 2 rings (SSSR count). The standard InChI is InChI=1S/C17H16N2O3/c20-16(8-10-19-17(21)22)15-5-1-3-13(11-15)6-7-14-4-2-9-18-12-14/h1-5,9,11-12,16,19-20H,8,10H2,(H,21,22). The first-order valence-electron chi connectivity index (χ1n) is 6.82. The molecule has 1 aromatic heterocycles. The number of carboxylic acid groups (broad SMARTS) is 1. The number of aliphatic hydroxyl groups excluding tert-OH is 1. The van der Waals surface area contributed by atoms with Crippen LogP contribution in [0.25, 0.3) is 0 Å². The van der Waals surface area contributed by atoms with E-state index in [1.165, 1.54) is 0 Å². The molecule has 112 valence electrons. The van der Waals surface area contributed by atoms with E-state index in [1.54, 1.807) is 24.5 Å². The van der Waals surface area contributed by atoms with Crippen LogP contribution in [-0.2, 0) is 0 Å². The summed E-state index contributed by atoms with van der Waals surface area (Å²) in [5.74, 6) is 6.02. The average molecular weight is 296 g/mol. The first-order valence-corrected chi connectivity index (χ1v) is 6.82. The number of hydrogen-bond donors (Lipinski definition) is 3. The van der Waals surface area contributed by atoms with Gasteiger partial charge < -0.3 is 15.5 Å². The molecule has 1 atom stereocenters. The van der Waals surface area contributed by atoms with E-state index in [4.69, 9.17) is 5.11 Å². The molecule has 5 heteroatoms. The molecule has 0 fully saturated rings. The van der Waals surface area contributed by atoms with Crippen molar-refractivity contribution in [1.82, 2.24) is 10.3 Å². The third-order valence-electron chi connectivity index (χ3n) is 2.98. The Hall–Kier alpha value is -2.84. The minimum absolute atomic E-state index is 0.197. The van der Waals surface area contributed by atoms with Crippen molar-refractivity contribution in [1.29, 1.82) is 0 Å². The van der Waals surface area contributed by atoms with Crippen molar-refractivity contribution < 1.29 is 15.0 Å². The number of aliphatic hydroxyl groups is 1. The average Bonchev–Trinajstić information content (AvgIpc) is 2.54. The van der Waals surface area contributed by atoms with Crippen LogP contribution in [0.15, 0.2) is 48.8 Å². The fraction of sp³-hybridized carbons (Fsp3) is 0.176. The van der Waals surface area contributed by atoms with Gasteiger partial charge in [-0.1, -0.05) is 24.0 Å². The van der Waals surface area contributed by atoms with Crippen molar-refractivity contribution in [2.24, 2.45) is 0 Å². The van der Waals surface area contributed by atoms with E-state index < -0.39 is 12.2 Å². The third kappa shape index (κ3) is 4.93. The fourth-order valence-corrected chi connectivity index (χ4v) is 1.89. The molecule has 1 heterocycles. The third-order valence-corrected chi connectivity index (χ3v) is 2.98. The minimum atomic E-state index is -1.09. The number of rotatable bonds is 4. The van der Waals surface area contributed by atoms with Gasteiger partial charge >= 0.3 is 6.09 Å². The SMILES string of the molecule is O=C(O)NCCC(O)c1cccc(C#Cc2cccnc2)c1. The number of nitrogens with zero attached hydrogens (tertiary/aromatic N) is 1. The van der Waals surface area contributed by atoms with Gasteiger partial charge in [0.15, 0.2) is 0 Å². The number of benzene rings is 1. The second-order valence-electron chi connectivity index (χ2n) is 4.65. The van der Waals surface area contributed by atoms with Crippen LogP contribution in [-0.4, -0.2) is 27.8 Å². The van der Waals surface area contributed by atoms with E-state index >= 15 is 0 Å². The zero-order chi connectivity index (χ0) is 15.8. The highest BCUT2D eigenvalue weighted by molar-refractivity contribution is 5.64. The van der Waals surface area contributed by atoms with Gasteiger partial charge in [-0.15, -0.1) is 0 Å². The van der Waals surface area contributed by atoms with Crippen LogP contribution in [0.4, 0.5) is 4.79 Å². The largest absolute Gasteiger partial charge is 0.465 e. The summed E-state index contributed by atoms with van der Waals surface area (Å²) in [5, 5.41) is 20.8. The summed E-state index contributed by atoms with van der Waals surface area (Å²) in [7, 11) is 0. The smallest absolute Gasteiger partial charge is 0.404 e. The monoisotopic (exact) mass is 296 g/mol. The molecule has 1 amide bonds. The Morgan fingerprint density at radius 1 is 1.23 bits per heavy atom. The molecule has 1 unspecified atom stereocenters.